The molecule has 0 aliphatic heterocycles. The lowest BCUT2D eigenvalue weighted by molar-refractivity contribution is 0.0814. The molecule has 0 bridgehead atoms. The summed E-state index contributed by atoms with van der Waals surface area (Å²) in [5.74, 6) is 3.30. The molecule has 3 aliphatic carbocycles. The highest BCUT2D eigenvalue weighted by molar-refractivity contribution is 6.74. The van der Waals surface area contributed by atoms with Crippen molar-refractivity contribution in [1.29, 1.82) is 5.26 Å². The Morgan fingerprint density at radius 1 is 1.17 bits per heavy atom. The van der Waals surface area contributed by atoms with Gasteiger partial charge in [0.25, 0.3) is 0 Å². The van der Waals surface area contributed by atoms with Crippen molar-refractivity contribution < 1.29 is 4.43 Å². The average molecular weight is 408 g/mol. The van der Waals surface area contributed by atoms with Crippen LogP contribution in [0.3, 0.4) is 0 Å². The van der Waals surface area contributed by atoms with E-state index in [4.69, 9.17) is 4.43 Å². The Morgan fingerprint density at radius 2 is 1.93 bits per heavy atom. The molecular formula is C26H37NOSi. The second kappa shape index (κ2) is 7.01. The Kier molecular flexibility index (Phi) is 5.01. The van der Waals surface area contributed by atoms with Gasteiger partial charge in [0.1, 0.15) is 5.75 Å². The summed E-state index contributed by atoms with van der Waals surface area (Å²) in [5, 5.41) is 9.44. The molecule has 2 nitrogen and oxygen atoms in total. The quantitative estimate of drug-likeness (QED) is 0.378. The number of fused-ring (bicyclic) bond motifs is 5. The Balaban J connectivity index is 1.59. The van der Waals surface area contributed by atoms with Gasteiger partial charge in [0.05, 0.1) is 6.07 Å². The number of allylic oxidation sites excluding steroid dienone is 2. The standard InChI is InChI=1S/C26H37NOSi/c1-25(2,3)29(5,6)28-20-9-11-21-18(17-20)7-10-23-22(21)13-15-26(4)19(14-16-27)8-12-24(23)26/h9,11,14,17,22-24H,7-8,10,12-13,15H2,1-6H3/b19-14+. The second-order valence-corrected chi connectivity index (χ2v) is 16.2. The minimum absolute atomic E-state index is 0.221. The van der Waals surface area contributed by atoms with E-state index in [9.17, 15) is 5.26 Å². The van der Waals surface area contributed by atoms with Gasteiger partial charge >= 0.3 is 0 Å². The molecule has 3 aliphatic rings. The molecule has 4 rings (SSSR count). The summed E-state index contributed by atoms with van der Waals surface area (Å²) < 4.78 is 6.60. The van der Waals surface area contributed by atoms with E-state index in [1.807, 2.05) is 6.08 Å². The Labute approximate surface area is 178 Å². The third-order valence-corrected chi connectivity index (χ3v) is 13.3. The van der Waals surface area contributed by atoms with Crippen LogP contribution >= 0.6 is 0 Å². The van der Waals surface area contributed by atoms with Gasteiger partial charge in [0.15, 0.2) is 0 Å². The second-order valence-electron chi connectivity index (χ2n) is 11.4. The van der Waals surface area contributed by atoms with Crippen LogP contribution in [0.4, 0.5) is 0 Å². The fourth-order valence-corrected chi connectivity index (χ4v) is 7.26. The van der Waals surface area contributed by atoms with Crippen LogP contribution in [0.25, 0.3) is 0 Å². The molecule has 0 spiro atoms. The van der Waals surface area contributed by atoms with E-state index in [-0.39, 0.29) is 10.5 Å². The van der Waals surface area contributed by atoms with Gasteiger partial charge in [0, 0.05) is 6.08 Å². The van der Waals surface area contributed by atoms with Crippen LogP contribution in [0, 0.1) is 28.6 Å². The zero-order valence-electron chi connectivity index (χ0n) is 19.1. The topological polar surface area (TPSA) is 33.0 Å². The highest BCUT2D eigenvalue weighted by atomic mass is 28.4. The van der Waals surface area contributed by atoms with Gasteiger partial charge in [0.2, 0.25) is 8.32 Å². The molecule has 156 valence electrons. The molecule has 2 saturated carbocycles. The van der Waals surface area contributed by atoms with E-state index in [1.165, 1.54) is 43.2 Å². The molecule has 4 unspecified atom stereocenters. The lowest BCUT2D eigenvalue weighted by atomic mass is 9.55. The minimum atomic E-state index is -1.80. The zero-order chi connectivity index (χ0) is 21.0. The highest BCUT2D eigenvalue weighted by Crippen LogP contribution is 2.62. The van der Waals surface area contributed by atoms with Gasteiger partial charge in [-0.15, -0.1) is 0 Å². The SMILES string of the molecule is CC12CCC3c4ccc(O[Si](C)(C)C(C)(C)C)cc4CCC3C1CC/C2=C\C#N. The molecule has 2 fully saturated rings. The molecule has 1 aromatic carbocycles. The van der Waals surface area contributed by atoms with Crippen molar-refractivity contribution in [3.63, 3.8) is 0 Å². The first kappa shape index (κ1) is 20.7. The summed E-state index contributed by atoms with van der Waals surface area (Å²) in [4.78, 5) is 0. The Morgan fingerprint density at radius 3 is 2.62 bits per heavy atom. The van der Waals surface area contributed by atoms with E-state index in [0.29, 0.717) is 5.92 Å². The van der Waals surface area contributed by atoms with Gasteiger partial charge in [-0.05, 0) is 103 Å². The van der Waals surface area contributed by atoms with Crippen LogP contribution in [0.15, 0.2) is 29.8 Å². The van der Waals surface area contributed by atoms with Gasteiger partial charge < -0.3 is 4.43 Å². The van der Waals surface area contributed by atoms with Crippen LogP contribution in [0.1, 0.15) is 76.8 Å². The van der Waals surface area contributed by atoms with Crippen LogP contribution in [0.2, 0.25) is 18.1 Å². The highest BCUT2D eigenvalue weighted by Gasteiger charge is 2.52. The third kappa shape index (κ3) is 3.38. The summed E-state index contributed by atoms with van der Waals surface area (Å²) in [6.45, 7) is 14.0. The largest absolute Gasteiger partial charge is 0.543 e. The number of nitriles is 1. The lowest BCUT2D eigenvalue weighted by Crippen LogP contribution is -2.44. The van der Waals surface area contributed by atoms with Crippen LogP contribution in [0.5, 0.6) is 5.75 Å². The zero-order valence-corrected chi connectivity index (χ0v) is 20.1. The third-order valence-electron chi connectivity index (χ3n) is 8.96. The van der Waals surface area contributed by atoms with E-state index in [2.05, 4.69) is 65.1 Å². The molecule has 0 N–H and O–H groups in total. The molecule has 1 aromatic rings. The van der Waals surface area contributed by atoms with E-state index in [0.717, 1.165) is 24.0 Å². The minimum Gasteiger partial charge on any atom is -0.543 e. The number of hydrogen-bond donors (Lipinski definition) is 0. The first-order chi connectivity index (χ1) is 13.6. The lowest BCUT2D eigenvalue weighted by Gasteiger charge is -2.49. The van der Waals surface area contributed by atoms with Gasteiger partial charge in [-0.2, -0.15) is 5.26 Å². The maximum absolute atomic E-state index is 9.22. The van der Waals surface area contributed by atoms with Crippen LogP contribution < -0.4 is 4.43 Å². The van der Waals surface area contributed by atoms with Crippen molar-refractivity contribution in [1.82, 2.24) is 0 Å². The van der Waals surface area contributed by atoms with Crippen molar-refractivity contribution >= 4 is 8.32 Å². The van der Waals surface area contributed by atoms with Crippen molar-refractivity contribution in [3.8, 4) is 11.8 Å². The molecule has 0 saturated heterocycles. The molecule has 0 heterocycles. The van der Waals surface area contributed by atoms with Crippen molar-refractivity contribution in [3.05, 3.63) is 41.0 Å². The number of nitrogens with zero attached hydrogens (tertiary/aromatic N) is 1. The summed E-state index contributed by atoms with van der Waals surface area (Å²) >= 11 is 0. The molecular weight excluding hydrogens is 370 g/mol. The van der Waals surface area contributed by atoms with Crippen LogP contribution in [-0.2, 0) is 6.42 Å². The first-order valence-electron chi connectivity index (χ1n) is 11.5. The number of hydrogen-bond acceptors (Lipinski definition) is 2. The molecule has 3 heteroatoms. The number of rotatable bonds is 2. The molecule has 0 amide bonds. The predicted molar refractivity (Wildman–Crippen MR) is 123 cm³/mol. The smallest absolute Gasteiger partial charge is 0.250 e. The first-order valence-corrected chi connectivity index (χ1v) is 14.4. The maximum Gasteiger partial charge on any atom is 0.250 e. The molecule has 0 aromatic heterocycles. The number of benzene rings is 1. The summed E-state index contributed by atoms with van der Waals surface area (Å²) in [6, 6.07) is 9.30. The van der Waals surface area contributed by atoms with E-state index < -0.39 is 8.32 Å². The van der Waals surface area contributed by atoms with Gasteiger partial charge in [-0.3, -0.25) is 0 Å². The van der Waals surface area contributed by atoms with Gasteiger partial charge in [-0.25, -0.2) is 0 Å². The number of aryl methyl sites for hydroxylation is 1. The van der Waals surface area contributed by atoms with E-state index >= 15 is 0 Å². The Hall–Kier alpha value is -1.53. The summed E-state index contributed by atoms with van der Waals surface area (Å²) in [7, 11) is -1.80. The normalized spacial score (nSPS) is 32.9. The van der Waals surface area contributed by atoms with Crippen molar-refractivity contribution in [2.75, 3.05) is 0 Å². The molecule has 0 radical (unpaired) electrons. The fourth-order valence-electron chi connectivity index (χ4n) is 6.23. The van der Waals surface area contributed by atoms with Crippen molar-refractivity contribution in [2.45, 2.75) is 90.3 Å². The maximum atomic E-state index is 9.22. The monoisotopic (exact) mass is 407 g/mol. The molecule has 4 atom stereocenters. The van der Waals surface area contributed by atoms with E-state index in [1.54, 1.807) is 5.56 Å². The summed E-state index contributed by atoms with van der Waals surface area (Å²) in [6.07, 6.45) is 9.22. The summed E-state index contributed by atoms with van der Waals surface area (Å²) in [5.41, 5.74) is 4.80. The average Bonchev–Trinajstić information content (AvgIpc) is 2.97. The predicted octanol–water partition coefficient (Wildman–Crippen LogP) is 7.38. The Bertz CT molecular complexity index is 872. The van der Waals surface area contributed by atoms with Crippen molar-refractivity contribution in [2.24, 2.45) is 17.3 Å². The fraction of sp³-hybridized carbons (Fsp3) is 0.654. The van der Waals surface area contributed by atoms with Crippen LogP contribution in [-0.4, -0.2) is 8.32 Å². The van der Waals surface area contributed by atoms with Gasteiger partial charge in [-0.1, -0.05) is 39.3 Å². The molecule has 29 heavy (non-hydrogen) atoms.